The molecule has 0 spiro atoms. The van der Waals surface area contributed by atoms with Gasteiger partial charge in [-0.3, -0.25) is 0 Å². The minimum absolute atomic E-state index is 0.0986. The van der Waals surface area contributed by atoms with E-state index in [2.05, 4.69) is 33.9 Å². The monoisotopic (exact) mass is 300 g/mol. The molecule has 2 atom stereocenters. The largest absolute Gasteiger partial charge is 0.407 e. The first-order valence-corrected chi connectivity index (χ1v) is 9.95. The molecule has 0 aliphatic rings. The van der Waals surface area contributed by atoms with Crippen LogP contribution < -0.4 is 0 Å². The summed E-state index contributed by atoms with van der Waals surface area (Å²) in [5, 5.41) is 10.8. The highest BCUT2D eigenvalue weighted by molar-refractivity contribution is 6.74. The van der Waals surface area contributed by atoms with E-state index in [-0.39, 0.29) is 11.1 Å². The minimum Gasteiger partial charge on any atom is -0.407 e. The van der Waals surface area contributed by atoms with Gasteiger partial charge in [-0.25, -0.2) is 0 Å². The smallest absolute Gasteiger partial charge is 0.193 e. The zero-order chi connectivity index (χ0) is 14.8. The van der Waals surface area contributed by atoms with Crippen LogP contribution >= 0.6 is 11.6 Å². The van der Waals surface area contributed by atoms with E-state index in [1.54, 1.807) is 6.92 Å². The lowest BCUT2D eigenvalue weighted by Crippen LogP contribution is -2.43. The van der Waals surface area contributed by atoms with Crippen LogP contribution in [0.25, 0.3) is 0 Å². The Kier molecular flexibility index (Phi) is 5.24. The Balaban J connectivity index is 3.08. The lowest BCUT2D eigenvalue weighted by Gasteiger charge is -2.40. The second kappa shape index (κ2) is 5.96. The second-order valence-electron chi connectivity index (χ2n) is 6.56. The van der Waals surface area contributed by atoms with E-state index >= 15 is 0 Å². The SMILES string of the molecule is C[C@@H](O)[C@@H](O[Si](C)(C)C(C)(C)C)c1ccccc1Cl. The van der Waals surface area contributed by atoms with Crippen molar-refractivity contribution in [3.05, 3.63) is 34.9 Å². The molecule has 0 aromatic heterocycles. The molecule has 2 nitrogen and oxygen atoms in total. The van der Waals surface area contributed by atoms with Gasteiger partial charge in [0, 0.05) is 10.6 Å². The minimum atomic E-state index is -1.96. The standard InChI is InChI=1S/C15H25ClO2Si/c1-11(17)14(12-9-7-8-10-13(12)16)18-19(5,6)15(2,3)4/h7-11,14,17H,1-6H3/t11-,14-/m1/s1. The fourth-order valence-corrected chi connectivity index (χ4v) is 3.18. The van der Waals surface area contributed by atoms with E-state index in [0.29, 0.717) is 5.02 Å². The molecule has 0 aliphatic heterocycles. The molecular formula is C15H25ClO2Si. The summed E-state index contributed by atoms with van der Waals surface area (Å²) in [6.45, 7) is 12.7. The molecule has 1 aromatic carbocycles. The van der Waals surface area contributed by atoms with Gasteiger partial charge in [-0.05, 0) is 31.1 Å². The van der Waals surface area contributed by atoms with E-state index in [1.165, 1.54) is 0 Å². The quantitative estimate of drug-likeness (QED) is 0.811. The predicted octanol–water partition coefficient (Wildman–Crippen LogP) is 4.78. The molecule has 0 bridgehead atoms. The van der Waals surface area contributed by atoms with E-state index in [1.807, 2.05) is 24.3 Å². The van der Waals surface area contributed by atoms with Crippen LogP contribution in [0.5, 0.6) is 0 Å². The zero-order valence-electron chi connectivity index (χ0n) is 12.7. The molecule has 19 heavy (non-hydrogen) atoms. The van der Waals surface area contributed by atoms with Crippen LogP contribution in [-0.2, 0) is 4.43 Å². The molecule has 0 fully saturated rings. The molecule has 1 rings (SSSR count). The van der Waals surface area contributed by atoms with Crippen LogP contribution in [0.3, 0.4) is 0 Å². The van der Waals surface area contributed by atoms with Gasteiger partial charge in [0.1, 0.15) is 0 Å². The number of aliphatic hydroxyl groups excluding tert-OH is 1. The average Bonchev–Trinajstić information content (AvgIpc) is 2.25. The molecule has 0 unspecified atom stereocenters. The molecule has 0 radical (unpaired) electrons. The first kappa shape index (κ1) is 16.7. The maximum Gasteiger partial charge on any atom is 0.193 e. The Morgan fingerprint density at radius 3 is 2.16 bits per heavy atom. The maximum absolute atomic E-state index is 10.1. The van der Waals surface area contributed by atoms with Gasteiger partial charge in [-0.2, -0.15) is 0 Å². The summed E-state index contributed by atoms with van der Waals surface area (Å²) in [6, 6.07) is 7.57. The second-order valence-corrected chi connectivity index (χ2v) is 11.7. The number of rotatable bonds is 4. The lowest BCUT2D eigenvalue weighted by molar-refractivity contribution is 0.0386. The molecule has 0 saturated heterocycles. The fraction of sp³-hybridized carbons (Fsp3) is 0.600. The lowest BCUT2D eigenvalue weighted by atomic mass is 10.1. The number of hydrogen-bond donors (Lipinski definition) is 1. The third-order valence-electron chi connectivity index (χ3n) is 3.88. The van der Waals surface area contributed by atoms with Gasteiger partial charge in [0.15, 0.2) is 8.32 Å². The molecule has 0 aliphatic carbocycles. The molecule has 0 heterocycles. The van der Waals surface area contributed by atoms with Gasteiger partial charge in [0.05, 0.1) is 12.2 Å². The Morgan fingerprint density at radius 2 is 1.74 bits per heavy atom. The van der Waals surface area contributed by atoms with Crippen LogP contribution in [0.1, 0.15) is 39.4 Å². The van der Waals surface area contributed by atoms with Gasteiger partial charge >= 0.3 is 0 Å². The number of halogens is 1. The number of benzene rings is 1. The molecular weight excluding hydrogens is 276 g/mol. The third kappa shape index (κ3) is 4.05. The van der Waals surface area contributed by atoms with Crippen molar-refractivity contribution in [1.29, 1.82) is 0 Å². The van der Waals surface area contributed by atoms with Crippen molar-refractivity contribution < 1.29 is 9.53 Å². The van der Waals surface area contributed by atoms with Crippen molar-refractivity contribution in [2.45, 2.75) is 58.0 Å². The van der Waals surface area contributed by atoms with Crippen LogP contribution in [0, 0.1) is 0 Å². The van der Waals surface area contributed by atoms with Gasteiger partial charge in [-0.15, -0.1) is 0 Å². The van der Waals surface area contributed by atoms with Gasteiger partial charge in [0.25, 0.3) is 0 Å². The Labute approximate surface area is 122 Å². The molecule has 108 valence electrons. The third-order valence-corrected chi connectivity index (χ3v) is 8.68. The highest BCUT2D eigenvalue weighted by atomic mass is 35.5. The summed E-state index contributed by atoms with van der Waals surface area (Å²) in [5.41, 5.74) is 0.865. The number of aliphatic hydroxyl groups is 1. The molecule has 4 heteroatoms. The molecule has 0 saturated carbocycles. The van der Waals surface area contributed by atoms with E-state index in [4.69, 9.17) is 16.0 Å². The summed E-state index contributed by atoms with van der Waals surface area (Å²) in [4.78, 5) is 0. The van der Waals surface area contributed by atoms with Crippen molar-refractivity contribution in [1.82, 2.24) is 0 Å². The Hall–Kier alpha value is -0.353. The number of hydrogen-bond acceptors (Lipinski definition) is 2. The van der Waals surface area contributed by atoms with Crippen LogP contribution in [0.15, 0.2) is 24.3 Å². The molecule has 0 amide bonds. The Bertz CT molecular complexity index is 424. The summed E-state index contributed by atoms with van der Waals surface area (Å²) in [6.07, 6.45) is -0.955. The Morgan fingerprint density at radius 1 is 1.21 bits per heavy atom. The van der Waals surface area contributed by atoms with Gasteiger partial charge in [0.2, 0.25) is 0 Å². The summed E-state index contributed by atoms with van der Waals surface area (Å²) in [7, 11) is -1.96. The van der Waals surface area contributed by atoms with Gasteiger partial charge < -0.3 is 9.53 Å². The predicted molar refractivity (Wildman–Crippen MR) is 84.2 cm³/mol. The zero-order valence-corrected chi connectivity index (χ0v) is 14.5. The van der Waals surface area contributed by atoms with E-state index in [0.717, 1.165) is 5.56 Å². The topological polar surface area (TPSA) is 29.5 Å². The summed E-state index contributed by atoms with van der Waals surface area (Å²) in [5.74, 6) is 0. The van der Waals surface area contributed by atoms with Crippen molar-refractivity contribution in [3.8, 4) is 0 Å². The van der Waals surface area contributed by atoms with E-state index < -0.39 is 14.4 Å². The molecule has 1 N–H and O–H groups in total. The van der Waals surface area contributed by atoms with Gasteiger partial charge in [-0.1, -0.05) is 50.6 Å². The highest BCUT2D eigenvalue weighted by Gasteiger charge is 2.40. The first-order valence-electron chi connectivity index (χ1n) is 6.66. The van der Waals surface area contributed by atoms with Crippen molar-refractivity contribution in [2.75, 3.05) is 0 Å². The normalized spacial score (nSPS) is 16.2. The average molecular weight is 301 g/mol. The van der Waals surface area contributed by atoms with Crippen LogP contribution in [0.4, 0.5) is 0 Å². The maximum atomic E-state index is 10.1. The first-order chi connectivity index (χ1) is 8.56. The highest BCUT2D eigenvalue weighted by Crippen LogP contribution is 2.41. The van der Waals surface area contributed by atoms with E-state index in [9.17, 15) is 5.11 Å². The van der Waals surface area contributed by atoms with Crippen molar-refractivity contribution in [2.24, 2.45) is 0 Å². The summed E-state index contributed by atoms with van der Waals surface area (Å²) < 4.78 is 6.34. The summed E-state index contributed by atoms with van der Waals surface area (Å²) >= 11 is 6.23. The van der Waals surface area contributed by atoms with Crippen molar-refractivity contribution in [3.63, 3.8) is 0 Å². The molecule has 1 aromatic rings. The van der Waals surface area contributed by atoms with Crippen molar-refractivity contribution >= 4 is 19.9 Å². The van der Waals surface area contributed by atoms with Crippen LogP contribution in [0.2, 0.25) is 23.2 Å². The fourth-order valence-electron chi connectivity index (χ4n) is 1.62. The van der Waals surface area contributed by atoms with Crippen LogP contribution in [-0.4, -0.2) is 19.5 Å².